The second-order valence-electron chi connectivity index (χ2n) is 5.73. The van der Waals surface area contributed by atoms with Crippen LogP contribution < -0.4 is 4.74 Å². The van der Waals surface area contributed by atoms with E-state index in [0.717, 1.165) is 11.3 Å². The largest absolute Gasteiger partial charge is 0.504 e. The van der Waals surface area contributed by atoms with Gasteiger partial charge >= 0.3 is 0 Å². The van der Waals surface area contributed by atoms with Crippen LogP contribution in [-0.4, -0.2) is 32.0 Å². The Morgan fingerprint density at radius 3 is 2.74 bits per heavy atom. The molecule has 0 unspecified atom stereocenters. The summed E-state index contributed by atoms with van der Waals surface area (Å²) in [6.07, 6.45) is 3.12. The van der Waals surface area contributed by atoms with Crippen LogP contribution in [0.2, 0.25) is 0 Å². The maximum Gasteiger partial charge on any atom is 0.188 e. The highest BCUT2D eigenvalue weighted by Crippen LogP contribution is 2.27. The average molecular weight is 360 g/mol. The number of benzene rings is 2. The van der Waals surface area contributed by atoms with Crippen molar-refractivity contribution in [3.8, 4) is 17.2 Å². The van der Waals surface area contributed by atoms with E-state index in [1.165, 1.54) is 13.4 Å². The number of nitrogens with zero attached hydrogens (tertiary/aromatic N) is 6. The predicted octanol–water partition coefficient (Wildman–Crippen LogP) is 3.81. The Morgan fingerprint density at radius 1 is 1.11 bits per heavy atom. The Morgan fingerprint density at radius 2 is 1.96 bits per heavy atom. The van der Waals surface area contributed by atoms with Gasteiger partial charge in [-0.15, -0.1) is 5.11 Å². The topological polar surface area (TPSA) is 97.8 Å². The van der Waals surface area contributed by atoms with Crippen molar-refractivity contribution in [1.82, 2.24) is 19.7 Å². The number of rotatable bonds is 5. The molecule has 8 heteroatoms. The first-order valence-electron chi connectivity index (χ1n) is 8.24. The van der Waals surface area contributed by atoms with E-state index in [1.54, 1.807) is 23.0 Å². The molecule has 0 fully saturated rings. The van der Waals surface area contributed by atoms with E-state index < -0.39 is 0 Å². The van der Waals surface area contributed by atoms with Crippen LogP contribution in [-0.2, 0) is 6.54 Å². The highest BCUT2D eigenvalue weighted by atomic mass is 16.5. The molecule has 0 spiro atoms. The van der Waals surface area contributed by atoms with E-state index in [4.69, 9.17) is 4.74 Å². The molecule has 2 heterocycles. The van der Waals surface area contributed by atoms with Gasteiger partial charge in [0.1, 0.15) is 6.33 Å². The van der Waals surface area contributed by atoms with Gasteiger partial charge in [0.05, 0.1) is 30.9 Å². The first-order valence-corrected chi connectivity index (χ1v) is 8.24. The molecule has 0 saturated carbocycles. The van der Waals surface area contributed by atoms with Crippen LogP contribution in [0.3, 0.4) is 0 Å². The molecule has 0 saturated heterocycles. The van der Waals surface area contributed by atoms with Crippen LogP contribution in [0, 0.1) is 0 Å². The number of para-hydroxylation sites is 1. The number of hydrogen-bond donors (Lipinski definition) is 1. The first-order chi connectivity index (χ1) is 13.3. The fourth-order valence-corrected chi connectivity index (χ4v) is 2.69. The molecule has 0 aliphatic heterocycles. The number of fused-ring (bicyclic) bond motifs is 1. The number of methoxy groups -OCH3 is 1. The van der Waals surface area contributed by atoms with Crippen molar-refractivity contribution in [2.45, 2.75) is 6.54 Å². The van der Waals surface area contributed by atoms with E-state index in [2.05, 4.69) is 25.3 Å². The number of phenols is 1. The van der Waals surface area contributed by atoms with Gasteiger partial charge in [-0.1, -0.05) is 24.3 Å². The molecule has 8 nitrogen and oxygen atoms in total. The van der Waals surface area contributed by atoms with Crippen LogP contribution in [0.5, 0.6) is 11.5 Å². The van der Waals surface area contributed by atoms with Crippen LogP contribution in [0.1, 0.15) is 5.56 Å². The highest BCUT2D eigenvalue weighted by molar-refractivity contribution is 5.85. The second kappa shape index (κ2) is 7.20. The van der Waals surface area contributed by atoms with Gasteiger partial charge < -0.3 is 9.84 Å². The third-order valence-corrected chi connectivity index (χ3v) is 4.01. The SMILES string of the molecule is COc1ccc(CN=Nc2ncnc3c2cnn3-c2ccccc2)cc1O. The van der Waals surface area contributed by atoms with Crippen molar-refractivity contribution in [2.75, 3.05) is 7.11 Å². The Hall–Kier alpha value is -3.81. The number of azo groups is 1. The Labute approximate surface area is 154 Å². The molecule has 4 rings (SSSR count). The van der Waals surface area contributed by atoms with Gasteiger partial charge in [0.15, 0.2) is 23.0 Å². The van der Waals surface area contributed by atoms with Gasteiger partial charge in [-0.3, -0.25) is 0 Å². The van der Waals surface area contributed by atoms with E-state index >= 15 is 0 Å². The van der Waals surface area contributed by atoms with Crippen molar-refractivity contribution in [3.05, 3.63) is 66.6 Å². The molecule has 0 radical (unpaired) electrons. The van der Waals surface area contributed by atoms with E-state index in [9.17, 15) is 5.11 Å². The molecular weight excluding hydrogens is 344 g/mol. The molecular formula is C19H16N6O2. The third kappa shape index (κ3) is 3.32. The van der Waals surface area contributed by atoms with Crippen LogP contribution in [0.15, 0.2) is 71.3 Å². The van der Waals surface area contributed by atoms with Crippen LogP contribution >= 0.6 is 0 Å². The average Bonchev–Trinajstić information content (AvgIpc) is 3.14. The zero-order valence-corrected chi connectivity index (χ0v) is 14.5. The lowest BCUT2D eigenvalue weighted by molar-refractivity contribution is 0.373. The molecule has 0 aliphatic rings. The molecule has 0 amide bonds. The lowest BCUT2D eigenvalue weighted by Gasteiger charge is -2.04. The minimum absolute atomic E-state index is 0.0683. The van der Waals surface area contributed by atoms with Gasteiger partial charge in [0.2, 0.25) is 0 Å². The quantitative estimate of drug-likeness (QED) is 0.546. The third-order valence-electron chi connectivity index (χ3n) is 4.01. The summed E-state index contributed by atoms with van der Waals surface area (Å²) in [5, 5.41) is 23.3. The number of ether oxygens (including phenoxy) is 1. The maximum absolute atomic E-state index is 9.83. The second-order valence-corrected chi connectivity index (χ2v) is 5.73. The lowest BCUT2D eigenvalue weighted by Crippen LogP contribution is -1.96. The predicted molar refractivity (Wildman–Crippen MR) is 99.5 cm³/mol. The summed E-state index contributed by atoms with van der Waals surface area (Å²) in [4.78, 5) is 8.51. The van der Waals surface area contributed by atoms with E-state index in [-0.39, 0.29) is 5.75 Å². The van der Waals surface area contributed by atoms with Gasteiger partial charge in [-0.2, -0.15) is 10.2 Å². The number of aromatic nitrogens is 4. The molecule has 1 N–H and O–H groups in total. The summed E-state index contributed by atoms with van der Waals surface area (Å²) in [7, 11) is 1.50. The Balaban J connectivity index is 1.60. The molecule has 0 aliphatic carbocycles. The molecule has 0 bridgehead atoms. The van der Waals surface area contributed by atoms with Gasteiger partial charge in [-0.25, -0.2) is 14.6 Å². The van der Waals surface area contributed by atoms with Gasteiger partial charge in [-0.05, 0) is 29.8 Å². The molecule has 4 aromatic rings. The Kier molecular flexibility index (Phi) is 4.44. The fraction of sp³-hybridized carbons (Fsp3) is 0.105. The highest BCUT2D eigenvalue weighted by Gasteiger charge is 2.10. The lowest BCUT2D eigenvalue weighted by atomic mass is 10.2. The first kappa shape index (κ1) is 16.6. The Bertz CT molecular complexity index is 1110. The van der Waals surface area contributed by atoms with Crippen molar-refractivity contribution in [2.24, 2.45) is 10.2 Å². The minimum atomic E-state index is 0.0683. The summed E-state index contributed by atoms with van der Waals surface area (Å²) in [5.74, 6) is 0.931. The summed E-state index contributed by atoms with van der Waals surface area (Å²) < 4.78 is 6.76. The normalized spacial score (nSPS) is 11.3. The van der Waals surface area contributed by atoms with E-state index in [1.807, 2.05) is 36.4 Å². The van der Waals surface area contributed by atoms with Crippen LogP contribution in [0.4, 0.5) is 5.82 Å². The summed E-state index contributed by atoms with van der Waals surface area (Å²) >= 11 is 0. The molecule has 2 aromatic carbocycles. The van der Waals surface area contributed by atoms with Crippen molar-refractivity contribution in [3.63, 3.8) is 0 Å². The monoisotopic (exact) mass is 360 g/mol. The number of aromatic hydroxyl groups is 1. The summed E-state index contributed by atoms with van der Waals surface area (Å²) in [6, 6.07) is 14.8. The zero-order chi connectivity index (χ0) is 18.6. The molecule has 134 valence electrons. The number of phenolic OH excluding ortho intramolecular Hbond substituents is 1. The van der Waals surface area contributed by atoms with Crippen LogP contribution in [0.25, 0.3) is 16.7 Å². The zero-order valence-electron chi connectivity index (χ0n) is 14.5. The summed E-state index contributed by atoms with van der Waals surface area (Å²) in [6.45, 7) is 0.301. The maximum atomic E-state index is 9.83. The molecule has 0 atom stereocenters. The van der Waals surface area contributed by atoms with Gasteiger partial charge in [0.25, 0.3) is 0 Å². The van der Waals surface area contributed by atoms with Crippen molar-refractivity contribution < 1.29 is 9.84 Å². The van der Waals surface area contributed by atoms with Crippen molar-refractivity contribution in [1.29, 1.82) is 0 Å². The minimum Gasteiger partial charge on any atom is -0.504 e. The smallest absolute Gasteiger partial charge is 0.188 e. The molecule has 2 aromatic heterocycles. The molecule has 27 heavy (non-hydrogen) atoms. The number of hydrogen-bond acceptors (Lipinski definition) is 7. The van der Waals surface area contributed by atoms with E-state index in [0.29, 0.717) is 29.1 Å². The fourth-order valence-electron chi connectivity index (χ4n) is 2.69. The van der Waals surface area contributed by atoms with Crippen molar-refractivity contribution >= 4 is 16.9 Å². The standard InChI is InChI=1S/C19H16N6O2/c1-27-17-8-7-13(9-16(17)26)10-22-24-18-15-11-23-25(19(15)21-12-20-18)14-5-3-2-4-6-14/h2-9,11-12,26H,10H2,1H3. The van der Waals surface area contributed by atoms with Gasteiger partial charge in [0, 0.05) is 0 Å². The summed E-state index contributed by atoms with van der Waals surface area (Å²) in [5.41, 5.74) is 2.37.